The molecule has 1 aliphatic heterocycles. The van der Waals surface area contributed by atoms with Gasteiger partial charge in [-0.05, 0) is 37.6 Å². The average molecular weight is 434 g/mol. The largest absolute Gasteiger partial charge is 1.00 e. The highest BCUT2D eigenvalue weighted by atomic mass is 127. The van der Waals surface area contributed by atoms with Crippen LogP contribution in [0.4, 0.5) is 11.4 Å². The fourth-order valence-corrected chi connectivity index (χ4v) is 3.18. The number of hydrogen-bond acceptors (Lipinski definition) is 2. The third-order valence-electron chi connectivity index (χ3n) is 4.48. The van der Waals surface area contributed by atoms with Gasteiger partial charge in [0.2, 0.25) is 5.69 Å². The Morgan fingerprint density at radius 3 is 2.25 bits per heavy atom. The predicted molar refractivity (Wildman–Crippen MR) is 92.4 cm³/mol. The molecule has 0 saturated heterocycles. The Bertz CT molecular complexity index is 837. The molecule has 0 saturated carbocycles. The van der Waals surface area contributed by atoms with Crippen LogP contribution in [0.25, 0.3) is 6.08 Å². The van der Waals surface area contributed by atoms with Gasteiger partial charge in [-0.2, -0.15) is 4.58 Å². The number of allylic oxidation sites excluding steroid dienone is 1. The molecule has 0 radical (unpaired) electrons. The predicted octanol–water partition coefficient (Wildman–Crippen LogP) is 1.32. The number of para-hydroxylation sites is 1. The third kappa shape index (κ3) is 3.13. The van der Waals surface area contributed by atoms with Crippen LogP contribution in [0.3, 0.4) is 0 Å². The fourth-order valence-electron chi connectivity index (χ4n) is 3.18. The summed E-state index contributed by atoms with van der Waals surface area (Å²) in [7, 11) is 2.07. The average Bonchev–Trinajstić information content (AvgIpc) is 2.73. The Morgan fingerprint density at radius 2 is 1.67 bits per heavy atom. The number of rotatable bonds is 3. The van der Waals surface area contributed by atoms with Crippen molar-refractivity contribution in [1.29, 1.82) is 0 Å². The first-order chi connectivity index (χ1) is 10.9. The first-order valence-electron chi connectivity index (χ1n) is 7.54. The zero-order chi connectivity index (χ0) is 16.6. The molecule has 0 spiro atoms. The molecular weight excluding hydrogens is 415 g/mol. The summed E-state index contributed by atoms with van der Waals surface area (Å²) < 4.78 is 2.21. The summed E-state index contributed by atoms with van der Waals surface area (Å²) in [6, 6.07) is 15.0. The van der Waals surface area contributed by atoms with E-state index in [2.05, 4.69) is 49.7 Å². The van der Waals surface area contributed by atoms with E-state index in [-0.39, 0.29) is 40.0 Å². The SMILES string of the molecule is C[N+]1=C(/C=C/c2ccc([N+](=O)[O-])cc2)C(C)(C)c2ccccc21.[I-]. The quantitative estimate of drug-likeness (QED) is 0.317. The highest BCUT2D eigenvalue weighted by molar-refractivity contribution is 6.05. The van der Waals surface area contributed by atoms with Gasteiger partial charge in [-0.25, -0.2) is 0 Å². The fraction of sp³-hybridized carbons (Fsp3) is 0.211. The van der Waals surface area contributed by atoms with E-state index in [0.29, 0.717) is 0 Å². The lowest BCUT2D eigenvalue weighted by Gasteiger charge is -2.15. The van der Waals surface area contributed by atoms with E-state index >= 15 is 0 Å². The van der Waals surface area contributed by atoms with Gasteiger partial charge in [-0.3, -0.25) is 10.1 Å². The van der Waals surface area contributed by atoms with E-state index in [1.54, 1.807) is 12.1 Å². The van der Waals surface area contributed by atoms with E-state index in [9.17, 15) is 10.1 Å². The second-order valence-corrected chi connectivity index (χ2v) is 6.27. The molecule has 5 heteroatoms. The summed E-state index contributed by atoms with van der Waals surface area (Å²) >= 11 is 0. The Morgan fingerprint density at radius 1 is 1.04 bits per heavy atom. The summed E-state index contributed by atoms with van der Waals surface area (Å²) in [4.78, 5) is 10.3. The van der Waals surface area contributed by atoms with Gasteiger partial charge >= 0.3 is 0 Å². The summed E-state index contributed by atoms with van der Waals surface area (Å²) in [6.07, 6.45) is 4.10. The van der Waals surface area contributed by atoms with Crippen LogP contribution in [0.1, 0.15) is 25.0 Å². The molecule has 24 heavy (non-hydrogen) atoms. The molecule has 1 heterocycles. The van der Waals surface area contributed by atoms with Gasteiger partial charge < -0.3 is 24.0 Å². The standard InChI is InChI=1S/C19H19N2O2.HI/c1-19(2)16-6-4-5-7-17(16)20(3)18(19)13-10-14-8-11-15(12-9-14)21(22)23;/h4-13H,1-3H3;1H/q+1;/p-1/b13-10+;. The molecule has 0 bridgehead atoms. The Hall–Kier alpha value is -2.02. The van der Waals surface area contributed by atoms with Crippen LogP contribution in [0.5, 0.6) is 0 Å². The summed E-state index contributed by atoms with van der Waals surface area (Å²) in [6.45, 7) is 4.43. The molecule has 3 rings (SSSR count). The van der Waals surface area contributed by atoms with E-state index in [1.165, 1.54) is 29.1 Å². The van der Waals surface area contributed by atoms with Gasteiger partial charge in [-0.15, -0.1) is 0 Å². The molecule has 2 aromatic carbocycles. The number of hydrogen-bond donors (Lipinski definition) is 0. The van der Waals surface area contributed by atoms with Crippen LogP contribution in [-0.4, -0.2) is 22.3 Å². The molecule has 0 N–H and O–H groups in total. The third-order valence-corrected chi connectivity index (χ3v) is 4.48. The topological polar surface area (TPSA) is 46.1 Å². The summed E-state index contributed by atoms with van der Waals surface area (Å²) in [5.41, 5.74) is 4.73. The molecule has 0 aliphatic carbocycles. The van der Waals surface area contributed by atoms with Crippen molar-refractivity contribution in [2.45, 2.75) is 19.3 Å². The molecule has 0 unspecified atom stereocenters. The monoisotopic (exact) mass is 434 g/mol. The molecule has 0 fully saturated rings. The van der Waals surface area contributed by atoms with Crippen molar-refractivity contribution >= 4 is 23.2 Å². The summed E-state index contributed by atoms with van der Waals surface area (Å²) in [5.74, 6) is 0. The molecule has 1 aliphatic rings. The lowest BCUT2D eigenvalue weighted by molar-refractivity contribution is -0.401. The smallest absolute Gasteiger partial charge is 0.269 e. The second kappa shape index (κ2) is 6.84. The number of nitrogens with zero attached hydrogens (tertiary/aromatic N) is 2. The normalized spacial score (nSPS) is 15.3. The number of non-ortho nitro benzene ring substituents is 1. The zero-order valence-corrected chi connectivity index (χ0v) is 16.0. The van der Waals surface area contributed by atoms with Crippen LogP contribution >= 0.6 is 0 Å². The Kier molecular flexibility index (Phi) is 5.22. The second-order valence-electron chi connectivity index (χ2n) is 6.27. The van der Waals surface area contributed by atoms with Crippen molar-refractivity contribution in [2.75, 3.05) is 7.05 Å². The zero-order valence-electron chi connectivity index (χ0n) is 13.9. The van der Waals surface area contributed by atoms with Gasteiger partial charge in [0.1, 0.15) is 7.05 Å². The van der Waals surface area contributed by atoms with E-state index in [1.807, 2.05) is 12.1 Å². The van der Waals surface area contributed by atoms with Crippen molar-refractivity contribution < 1.29 is 33.5 Å². The highest BCUT2D eigenvalue weighted by Gasteiger charge is 2.42. The Labute approximate surface area is 158 Å². The van der Waals surface area contributed by atoms with Crippen molar-refractivity contribution in [3.63, 3.8) is 0 Å². The van der Waals surface area contributed by atoms with E-state index in [4.69, 9.17) is 0 Å². The summed E-state index contributed by atoms with van der Waals surface area (Å²) in [5, 5.41) is 10.7. The van der Waals surface area contributed by atoms with Crippen LogP contribution < -0.4 is 24.0 Å². The van der Waals surface area contributed by atoms with Crippen LogP contribution in [0, 0.1) is 10.1 Å². The van der Waals surface area contributed by atoms with Crippen LogP contribution in [-0.2, 0) is 5.41 Å². The maximum absolute atomic E-state index is 10.7. The molecule has 0 amide bonds. The minimum absolute atomic E-state index is 0. The van der Waals surface area contributed by atoms with Crippen molar-refractivity contribution in [2.24, 2.45) is 0 Å². The van der Waals surface area contributed by atoms with Gasteiger partial charge in [-0.1, -0.05) is 18.2 Å². The Balaban J connectivity index is 0.00000208. The first kappa shape index (κ1) is 18.3. The lowest BCUT2D eigenvalue weighted by atomic mass is 9.81. The van der Waals surface area contributed by atoms with Gasteiger partial charge in [0.25, 0.3) is 5.69 Å². The molecule has 4 nitrogen and oxygen atoms in total. The van der Waals surface area contributed by atoms with Crippen molar-refractivity contribution in [1.82, 2.24) is 0 Å². The van der Waals surface area contributed by atoms with Gasteiger partial charge in [0, 0.05) is 29.8 Å². The molecule has 124 valence electrons. The molecule has 0 atom stereocenters. The molecule has 2 aromatic rings. The number of halogens is 1. The number of nitro groups is 1. The van der Waals surface area contributed by atoms with Crippen LogP contribution in [0.2, 0.25) is 0 Å². The minimum Gasteiger partial charge on any atom is -1.00 e. The number of fused-ring (bicyclic) bond motifs is 1. The van der Waals surface area contributed by atoms with E-state index < -0.39 is 0 Å². The van der Waals surface area contributed by atoms with E-state index in [0.717, 1.165) is 5.56 Å². The van der Waals surface area contributed by atoms with Crippen molar-refractivity contribution in [3.8, 4) is 0 Å². The minimum atomic E-state index is -0.382. The first-order valence-corrected chi connectivity index (χ1v) is 7.54. The number of nitro benzene ring substituents is 1. The maximum atomic E-state index is 10.7. The van der Waals surface area contributed by atoms with Gasteiger partial charge in [0.15, 0.2) is 5.71 Å². The van der Waals surface area contributed by atoms with Gasteiger partial charge in [0.05, 0.1) is 10.3 Å². The highest BCUT2D eigenvalue weighted by Crippen LogP contribution is 2.39. The maximum Gasteiger partial charge on any atom is 0.269 e. The van der Waals surface area contributed by atoms with Crippen LogP contribution in [0.15, 0.2) is 54.6 Å². The van der Waals surface area contributed by atoms with Crippen molar-refractivity contribution in [3.05, 3.63) is 75.8 Å². The number of benzene rings is 2. The lowest BCUT2D eigenvalue weighted by Crippen LogP contribution is -3.00. The molecular formula is C19H19IN2O2. The molecule has 0 aromatic heterocycles.